The second-order valence-corrected chi connectivity index (χ2v) is 7.24. The summed E-state index contributed by atoms with van der Waals surface area (Å²) in [6.07, 6.45) is 0.403. The number of esters is 1. The van der Waals surface area contributed by atoms with E-state index in [2.05, 4.69) is 0 Å². The molecule has 124 valence electrons. The molecular weight excluding hydrogens is 292 g/mol. The van der Waals surface area contributed by atoms with E-state index in [1.54, 1.807) is 20.8 Å². The Bertz CT molecular complexity index is 598. The van der Waals surface area contributed by atoms with Crippen molar-refractivity contribution in [2.75, 3.05) is 0 Å². The summed E-state index contributed by atoms with van der Waals surface area (Å²) in [6, 6.07) is 9.45. The summed E-state index contributed by atoms with van der Waals surface area (Å²) in [4.78, 5) is 36.9. The van der Waals surface area contributed by atoms with Crippen molar-refractivity contribution in [1.29, 1.82) is 0 Å². The molecule has 4 heteroatoms. The van der Waals surface area contributed by atoms with E-state index in [0.717, 1.165) is 5.56 Å². The summed E-state index contributed by atoms with van der Waals surface area (Å²) in [5, 5.41) is 0. The van der Waals surface area contributed by atoms with Gasteiger partial charge < -0.3 is 4.74 Å². The lowest BCUT2D eigenvalue weighted by Gasteiger charge is -2.36. The molecule has 0 aliphatic heterocycles. The first-order valence-electron chi connectivity index (χ1n) is 7.99. The van der Waals surface area contributed by atoms with Crippen LogP contribution >= 0.6 is 0 Å². The largest absolute Gasteiger partial charge is 0.460 e. The minimum atomic E-state index is -0.624. The number of hydrogen-bond acceptors (Lipinski definition) is 4. The van der Waals surface area contributed by atoms with Crippen LogP contribution < -0.4 is 0 Å². The number of ether oxygens (including phenoxy) is 1. The van der Waals surface area contributed by atoms with Gasteiger partial charge in [0.05, 0.1) is 5.92 Å². The number of benzene rings is 1. The van der Waals surface area contributed by atoms with Crippen LogP contribution in [0.2, 0.25) is 0 Å². The third kappa shape index (κ3) is 4.27. The van der Waals surface area contributed by atoms with E-state index >= 15 is 0 Å². The van der Waals surface area contributed by atoms with E-state index in [4.69, 9.17) is 4.74 Å². The Hall–Kier alpha value is -1.97. The summed E-state index contributed by atoms with van der Waals surface area (Å²) in [5.41, 5.74) is 0.281. The summed E-state index contributed by atoms with van der Waals surface area (Å²) in [5.74, 6) is -2.00. The number of carbonyl (C=O) groups is 3. The highest BCUT2D eigenvalue weighted by Gasteiger charge is 2.45. The maximum absolute atomic E-state index is 12.7. The Morgan fingerprint density at radius 3 is 2.22 bits per heavy atom. The lowest BCUT2D eigenvalue weighted by Crippen LogP contribution is -2.43. The molecular formula is C19H24O4. The van der Waals surface area contributed by atoms with Gasteiger partial charge in [0.1, 0.15) is 17.2 Å². The maximum Gasteiger partial charge on any atom is 0.310 e. The highest BCUT2D eigenvalue weighted by Crippen LogP contribution is 2.41. The predicted octanol–water partition coefficient (Wildman–Crippen LogP) is 3.30. The topological polar surface area (TPSA) is 60.4 Å². The highest BCUT2D eigenvalue weighted by atomic mass is 16.6. The first-order valence-corrected chi connectivity index (χ1v) is 7.99. The van der Waals surface area contributed by atoms with Gasteiger partial charge in [-0.15, -0.1) is 0 Å². The lowest BCUT2D eigenvalue weighted by atomic mass is 9.67. The number of hydrogen-bond donors (Lipinski definition) is 0. The molecule has 0 spiro atoms. The van der Waals surface area contributed by atoms with Crippen LogP contribution in [0.4, 0.5) is 0 Å². The maximum atomic E-state index is 12.7. The molecule has 4 nitrogen and oxygen atoms in total. The second kappa shape index (κ2) is 6.65. The molecule has 1 aromatic carbocycles. The predicted molar refractivity (Wildman–Crippen MR) is 86.9 cm³/mol. The molecule has 0 N–H and O–H groups in total. The van der Waals surface area contributed by atoms with E-state index in [9.17, 15) is 14.4 Å². The molecule has 3 atom stereocenters. The minimum Gasteiger partial charge on any atom is -0.460 e. The Morgan fingerprint density at radius 1 is 1.09 bits per heavy atom. The van der Waals surface area contributed by atoms with Gasteiger partial charge in [-0.1, -0.05) is 30.3 Å². The van der Waals surface area contributed by atoms with Crippen LogP contribution in [0.25, 0.3) is 0 Å². The fraction of sp³-hybridized carbons (Fsp3) is 0.526. The van der Waals surface area contributed by atoms with Crippen LogP contribution in [-0.2, 0) is 19.1 Å². The van der Waals surface area contributed by atoms with Gasteiger partial charge >= 0.3 is 5.97 Å². The average Bonchev–Trinajstić information content (AvgIpc) is 2.45. The third-order valence-electron chi connectivity index (χ3n) is 4.19. The normalized spacial score (nSPS) is 25.0. The number of rotatable bonds is 3. The Morgan fingerprint density at radius 2 is 1.70 bits per heavy atom. The van der Waals surface area contributed by atoms with Gasteiger partial charge in [0.2, 0.25) is 0 Å². The fourth-order valence-electron chi connectivity index (χ4n) is 3.23. The molecule has 0 amide bonds. The smallest absolute Gasteiger partial charge is 0.310 e. The van der Waals surface area contributed by atoms with E-state index in [0.29, 0.717) is 0 Å². The van der Waals surface area contributed by atoms with Crippen molar-refractivity contribution in [2.45, 2.75) is 52.1 Å². The van der Waals surface area contributed by atoms with Crippen molar-refractivity contribution < 1.29 is 19.1 Å². The molecule has 1 fully saturated rings. The van der Waals surface area contributed by atoms with E-state index in [1.807, 2.05) is 30.3 Å². The van der Waals surface area contributed by atoms with Gasteiger partial charge in [0.25, 0.3) is 0 Å². The van der Waals surface area contributed by atoms with Crippen LogP contribution in [0.1, 0.15) is 52.0 Å². The molecule has 0 saturated heterocycles. The molecule has 0 bridgehead atoms. The Labute approximate surface area is 137 Å². The molecule has 0 unspecified atom stereocenters. The SMILES string of the molecule is CC(=O)[C@H]1CC(=O)C[C@H](c2ccccc2)[C@H]1C(=O)OC(C)(C)C. The number of ketones is 2. The quantitative estimate of drug-likeness (QED) is 0.803. The average molecular weight is 316 g/mol. The first-order chi connectivity index (χ1) is 10.7. The minimum absolute atomic E-state index is 0.0267. The second-order valence-electron chi connectivity index (χ2n) is 7.24. The standard InChI is InChI=1S/C19H24O4/c1-12(20)15-10-14(21)11-16(13-8-6-5-7-9-13)17(15)18(22)23-19(2,3)4/h5-9,15-17H,10-11H2,1-4H3/t15-,16-,17+/m1/s1. The molecule has 0 aromatic heterocycles. The van der Waals surface area contributed by atoms with Crippen molar-refractivity contribution in [3.63, 3.8) is 0 Å². The molecule has 1 aliphatic carbocycles. The summed E-state index contributed by atoms with van der Waals surface area (Å²) >= 11 is 0. The molecule has 2 rings (SSSR count). The monoisotopic (exact) mass is 316 g/mol. The zero-order valence-corrected chi connectivity index (χ0v) is 14.2. The van der Waals surface area contributed by atoms with Crippen molar-refractivity contribution >= 4 is 17.5 Å². The van der Waals surface area contributed by atoms with Crippen LogP contribution in [0.5, 0.6) is 0 Å². The van der Waals surface area contributed by atoms with Crippen LogP contribution in [-0.4, -0.2) is 23.1 Å². The zero-order chi connectivity index (χ0) is 17.2. The zero-order valence-electron chi connectivity index (χ0n) is 14.2. The van der Waals surface area contributed by atoms with Crippen molar-refractivity contribution in [3.8, 4) is 0 Å². The molecule has 0 heterocycles. The summed E-state index contributed by atoms with van der Waals surface area (Å²) < 4.78 is 5.54. The van der Waals surface area contributed by atoms with Crippen molar-refractivity contribution in [3.05, 3.63) is 35.9 Å². The van der Waals surface area contributed by atoms with Gasteiger partial charge in [-0.25, -0.2) is 0 Å². The lowest BCUT2D eigenvalue weighted by molar-refractivity contribution is -0.166. The Balaban J connectivity index is 2.41. The van der Waals surface area contributed by atoms with E-state index < -0.39 is 17.4 Å². The van der Waals surface area contributed by atoms with Gasteiger partial charge in [0.15, 0.2) is 0 Å². The summed E-state index contributed by atoms with van der Waals surface area (Å²) in [7, 11) is 0. The van der Waals surface area contributed by atoms with E-state index in [1.165, 1.54) is 6.92 Å². The highest BCUT2D eigenvalue weighted by molar-refractivity contribution is 5.93. The van der Waals surface area contributed by atoms with E-state index in [-0.39, 0.29) is 36.3 Å². The number of Topliss-reactive ketones (excluding diaryl/α,β-unsaturated/α-hetero) is 2. The van der Waals surface area contributed by atoms with Gasteiger partial charge in [-0.3, -0.25) is 14.4 Å². The third-order valence-corrected chi connectivity index (χ3v) is 4.19. The van der Waals surface area contributed by atoms with Crippen molar-refractivity contribution in [2.24, 2.45) is 11.8 Å². The summed E-state index contributed by atoms with van der Waals surface area (Å²) in [6.45, 7) is 6.86. The number of carbonyl (C=O) groups excluding carboxylic acids is 3. The van der Waals surface area contributed by atoms with Crippen molar-refractivity contribution in [1.82, 2.24) is 0 Å². The molecule has 1 aliphatic rings. The molecule has 1 aromatic rings. The molecule has 1 saturated carbocycles. The first kappa shape index (κ1) is 17.4. The fourth-order valence-corrected chi connectivity index (χ4v) is 3.23. The van der Waals surface area contributed by atoms with Crippen LogP contribution in [0.3, 0.4) is 0 Å². The Kier molecular flexibility index (Phi) is 5.03. The van der Waals surface area contributed by atoms with Gasteiger partial charge in [0, 0.05) is 24.7 Å². The molecule has 0 radical (unpaired) electrons. The molecule has 23 heavy (non-hydrogen) atoms. The van der Waals surface area contributed by atoms with Crippen LogP contribution in [0.15, 0.2) is 30.3 Å². The van der Waals surface area contributed by atoms with Gasteiger partial charge in [-0.05, 0) is 33.3 Å². The van der Waals surface area contributed by atoms with Gasteiger partial charge in [-0.2, -0.15) is 0 Å². The van der Waals surface area contributed by atoms with Crippen LogP contribution in [0, 0.1) is 11.8 Å².